The molecule has 2 aromatic carbocycles. The summed E-state index contributed by atoms with van der Waals surface area (Å²) in [5.41, 5.74) is 5.04. The van der Waals surface area contributed by atoms with Crippen LogP contribution in [0.25, 0.3) is 6.08 Å². The Hall–Kier alpha value is -2.11. The monoisotopic (exact) mass is 342 g/mol. The molecule has 5 heteroatoms. The van der Waals surface area contributed by atoms with Gasteiger partial charge in [-0.1, -0.05) is 49.8 Å². The summed E-state index contributed by atoms with van der Waals surface area (Å²) in [6, 6.07) is 11.6. The topological polar surface area (TPSA) is 63.4 Å². The van der Waals surface area contributed by atoms with Crippen LogP contribution < -0.4 is 10.0 Å². The fourth-order valence-electron chi connectivity index (χ4n) is 3.34. The maximum absolute atomic E-state index is 12.1. The lowest BCUT2D eigenvalue weighted by Crippen LogP contribution is -2.24. The molecule has 1 heterocycles. The molecular formula is C19H22N2O2S. The average Bonchev–Trinajstić information content (AvgIpc) is 2.54. The number of para-hydroxylation sites is 1. The van der Waals surface area contributed by atoms with Crippen molar-refractivity contribution in [1.82, 2.24) is 0 Å². The zero-order valence-electron chi connectivity index (χ0n) is 14.0. The van der Waals surface area contributed by atoms with Gasteiger partial charge in [0.15, 0.2) is 0 Å². The van der Waals surface area contributed by atoms with E-state index in [9.17, 15) is 8.42 Å². The van der Waals surface area contributed by atoms with Crippen LogP contribution >= 0.6 is 0 Å². The first-order chi connectivity index (χ1) is 11.4. The van der Waals surface area contributed by atoms with E-state index in [4.69, 9.17) is 5.14 Å². The van der Waals surface area contributed by atoms with Crippen LogP contribution in [0.3, 0.4) is 0 Å². The van der Waals surface area contributed by atoms with Crippen LogP contribution in [0.2, 0.25) is 0 Å². The Labute approximate surface area is 143 Å². The lowest BCUT2D eigenvalue weighted by Gasteiger charge is -2.32. The van der Waals surface area contributed by atoms with Gasteiger partial charge in [0.05, 0.1) is 4.90 Å². The van der Waals surface area contributed by atoms with Crippen LogP contribution in [0.5, 0.6) is 0 Å². The number of sulfonamides is 1. The first-order valence-electron chi connectivity index (χ1n) is 8.12. The summed E-state index contributed by atoms with van der Waals surface area (Å²) in [5, 5.41) is 5.47. The Balaban J connectivity index is 2.26. The molecule has 2 aromatic rings. The highest BCUT2D eigenvalue weighted by atomic mass is 32.2. The second kappa shape index (κ2) is 6.42. The molecule has 0 aliphatic carbocycles. The van der Waals surface area contributed by atoms with Crippen molar-refractivity contribution in [1.29, 1.82) is 0 Å². The molecule has 0 saturated carbocycles. The highest BCUT2D eigenvalue weighted by Gasteiger charge is 2.24. The van der Waals surface area contributed by atoms with Gasteiger partial charge in [-0.15, -0.1) is 0 Å². The molecule has 0 amide bonds. The van der Waals surface area contributed by atoms with Crippen molar-refractivity contribution in [3.63, 3.8) is 0 Å². The van der Waals surface area contributed by atoms with Crippen molar-refractivity contribution < 1.29 is 8.42 Å². The molecule has 0 radical (unpaired) electrons. The second-order valence-corrected chi connectivity index (χ2v) is 7.60. The Kier molecular flexibility index (Phi) is 4.47. The normalized spacial score (nSPS) is 13.9. The predicted octanol–water partition coefficient (Wildman–Crippen LogP) is 3.76. The molecule has 126 valence electrons. The number of rotatable bonds is 4. The molecule has 1 aliphatic rings. The van der Waals surface area contributed by atoms with E-state index in [2.05, 4.69) is 29.2 Å². The first-order valence-corrected chi connectivity index (χ1v) is 9.66. The molecule has 2 N–H and O–H groups in total. The van der Waals surface area contributed by atoms with Gasteiger partial charge < -0.3 is 4.90 Å². The maximum Gasteiger partial charge on any atom is 0.238 e. The SMILES string of the molecule is CCCc1c(S(N)(=O)=O)ccc(C)c1N1CC=Cc2ccccc21. The van der Waals surface area contributed by atoms with Crippen LogP contribution in [0.15, 0.2) is 47.4 Å². The minimum atomic E-state index is -3.76. The Morgan fingerprint density at radius 3 is 2.62 bits per heavy atom. The van der Waals surface area contributed by atoms with Crippen LogP contribution in [-0.4, -0.2) is 15.0 Å². The van der Waals surface area contributed by atoms with Gasteiger partial charge in [-0.05, 0) is 42.2 Å². The molecule has 0 spiro atoms. The van der Waals surface area contributed by atoms with E-state index >= 15 is 0 Å². The standard InChI is InChI=1S/C19H22N2O2S/c1-3-7-16-18(24(20,22)23)12-11-14(2)19(16)21-13-6-9-15-8-4-5-10-17(15)21/h4-6,8-12H,3,7,13H2,1-2H3,(H2,20,22,23). The van der Waals surface area contributed by atoms with E-state index in [1.807, 2.05) is 32.0 Å². The third kappa shape index (κ3) is 2.97. The number of hydrogen-bond donors (Lipinski definition) is 1. The number of primary sulfonamides is 1. The van der Waals surface area contributed by atoms with E-state index in [-0.39, 0.29) is 4.90 Å². The number of anilines is 2. The summed E-state index contributed by atoms with van der Waals surface area (Å²) >= 11 is 0. The van der Waals surface area contributed by atoms with Gasteiger partial charge in [0.1, 0.15) is 0 Å². The molecule has 0 saturated heterocycles. The highest BCUT2D eigenvalue weighted by Crippen LogP contribution is 2.39. The molecule has 4 nitrogen and oxygen atoms in total. The van der Waals surface area contributed by atoms with Gasteiger partial charge in [-0.25, -0.2) is 13.6 Å². The summed E-state index contributed by atoms with van der Waals surface area (Å²) in [7, 11) is -3.76. The predicted molar refractivity (Wildman–Crippen MR) is 99.0 cm³/mol. The number of fused-ring (bicyclic) bond motifs is 1. The van der Waals surface area contributed by atoms with Gasteiger partial charge in [0, 0.05) is 17.9 Å². The molecule has 1 aliphatic heterocycles. The van der Waals surface area contributed by atoms with Crippen LogP contribution in [0, 0.1) is 6.92 Å². The van der Waals surface area contributed by atoms with E-state index in [1.54, 1.807) is 6.07 Å². The smallest absolute Gasteiger partial charge is 0.238 e. The lowest BCUT2D eigenvalue weighted by molar-refractivity contribution is 0.596. The minimum absolute atomic E-state index is 0.233. The summed E-state index contributed by atoms with van der Waals surface area (Å²) < 4.78 is 24.1. The molecule has 0 aromatic heterocycles. The number of benzene rings is 2. The first kappa shape index (κ1) is 16.7. The molecule has 24 heavy (non-hydrogen) atoms. The number of hydrogen-bond acceptors (Lipinski definition) is 3. The minimum Gasteiger partial charge on any atom is -0.337 e. The summed E-state index contributed by atoms with van der Waals surface area (Å²) in [6.07, 6.45) is 5.72. The van der Waals surface area contributed by atoms with Crippen molar-refractivity contribution in [2.24, 2.45) is 5.14 Å². The summed E-state index contributed by atoms with van der Waals surface area (Å²) in [4.78, 5) is 2.42. The van der Waals surface area contributed by atoms with Gasteiger partial charge in [0.25, 0.3) is 0 Å². The summed E-state index contributed by atoms with van der Waals surface area (Å²) in [6.45, 7) is 4.77. The number of aryl methyl sites for hydroxylation is 1. The van der Waals surface area contributed by atoms with Crippen LogP contribution in [0.1, 0.15) is 30.0 Å². The largest absolute Gasteiger partial charge is 0.337 e. The fraction of sp³-hybridized carbons (Fsp3) is 0.263. The zero-order chi connectivity index (χ0) is 17.3. The number of nitrogens with two attached hydrogens (primary N) is 1. The third-order valence-electron chi connectivity index (χ3n) is 4.33. The fourth-order valence-corrected chi connectivity index (χ4v) is 4.14. The van der Waals surface area contributed by atoms with E-state index in [0.29, 0.717) is 13.0 Å². The zero-order valence-corrected chi connectivity index (χ0v) is 14.8. The quantitative estimate of drug-likeness (QED) is 0.920. The van der Waals surface area contributed by atoms with E-state index < -0.39 is 10.0 Å². The Morgan fingerprint density at radius 1 is 1.17 bits per heavy atom. The maximum atomic E-state index is 12.1. The van der Waals surface area contributed by atoms with Crippen molar-refractivity contribution in [3.05, 3.63) is 59.2 Å². The summed E-state index contributed by atoms with van der Waals surface area (Å²) in [5.74, 6) is 0. The lowest BCUT2D eigenvalue weighted by atomic mass is 9.99. The third-order valence-corrected chi connectivity index (χ3v) is 5.33. The highest BCUT2D eigenvalue weighted by molar-refractivity contribution is 7.89. The van der Waals surface area contributed by atoms with E-state index in [1.165, 1.54) is 0 Å². The van der Waals surface area contributed by atoms with Crippen molar-refractivity contribution in [3.8, 4) is 0 Å². The van der Waals surface area contributed by atoms with Crippen molar-refractivity contribution in [2.75, 3.05) is 11.4 Å². The van der Waals surface area contributed by atoms with Crippen LogP contribution in [0.4, 0.5) is 11.4 Å². The van der Waals surface area contributed by atoms with Gasteiger partial charge in [0.2, 0.25) is 10.0 Å². The molecular weight excluding hydrogens is 320 g/mol. The van der Waals surface area contributed by atoms with Gasteiger partial charge in [-0.3, -0.25) is 0 Å². The molecule has 0 unspecified atom stereocenters. The average molecular weight is 342 g/mol. The Bertz CT molecular complexity index is 902. The number of nitrogens with zero attached hydrogens (tertiary/aromatic N) is 1. The molecule has 0 fully saturated rings. The van der Waals surface area contributed by atoms with Crippen molar-refractivity contribution in [2.45, 2.75) is 31.6 Å². The van der Waals surface area contributed by atoms with Crippen molar-refractivity contribution >= 4 is 27.5 Å². The van der Waals surface area contributed by atoms with Gasteiger partial charge in [-0.2, -0.15) is 0 Å². The molecule has 0 atom stereocenters. The molecule has 0 bridgehead atoms. The molecule has 3 rings (SSSR count). The van der Waals surface area contributed by atoms with Gasteiger partial charge >= 0.3 is 0 Å². The van der Waals surface area contributed by atoms with Crippen LogP contribution in [-0.2, 0) is 16.4 Å². The Morgan fingerprint density at radius 2 is 1.92 bits per heavy atom. The van der Waals surface area contributed by atoms with E-state index in [0.717, 1.165) is 34.5 Å². The second-order valence-electron chi connectivity index (χ2n) is 6.07.